The fourth-order valence-corrected chi connectivity index (χ4v) is 2.67. The molecule has 0 N–H and O–H groups in total. The molecule has 1 aliphatic carbocycles. The summed E-state index contributed by atoms with van der Waals surface area (Å²) >= 11 is 0. The van der Waals surface area contributed by atoms with Gasteiger partial charge in [-0.3, -0.25) is 0 Å². The van der Waals surface area contributed by atoms with Gasteiger partial charge in [0.15, 0.2) is 0 Å². The first-order valence-electron chi connectivity index (χ1n) is 6.05. The number of hydrogen-bond donors (Lipinski definition) is 0. The summed E-state index contributed by atoms with van der Waals surface area (Å²) in [7, 11) is 0. The lowest BCUT2D eigenvalue weighted by molar-refractivity contribution is 0.162. The van der Waals surface area contributed by atoms with Gasteiger partial charge in [0.05, 0.1) is 0 Å². The highest BCUT2D eigenvalue weighted by molar-refractivity contribution is 4.99. The highest BCUT2D eigenvalue weighted by Gasteiger charge is 2.31. The summed E-state index contributed by atoms with van der Waals surface area (Å²) < 4.78 is 9.71. The fraction of sp³-hybridized carbons (Fsp3) is 0.769. The van der Waals surface area contributed by atoms with Gasteiger partial charge in [0.2, 0.25) is 0 Å². The van der Waals surface area contributed by atoms with Gasteiger partial charge >= 0.3 is 5.82 Å². The molecule has 1 aliphatic rings. The van der Waals surface area contributed by atoms with Crippen LogP contribution in [0.25, 0.3) is 0 Å². The third-order valence-electron chi connectivity index (χ3n) is 3.83. The minimum atomic E-state index is -0.576. The van der Waals surface area contributed by atoms with E-state index >= 15 is 0 Å². The van der Waals surface area contributed by atoms with Crippen LogP contribution in [0.1, 0.15) is 58.1 Å². The molecule has 3 nitrogen and oxygen atoms in total. The molecular formula is C13H20O3. The van der Waals surface area contributed by atoms with Crippen LogP contribution in [0.5, 0.6) is 0 Å². The van der Waals surface area contributed by atoms with E-state index in [1.54, 1.807) is 0 Å². The van der Waals surface area contributed by atoms with Gasteiger partial charge in [0, 0.05) is 5.92 Å². The molecule has 1 aromatic rings. The van der Waals surface area contributed by atoms with Gasteiger partial charge in [0.25, 0.3) is 0 Å². The Balaban J connectivity index is 1.98. The standard InChI is InChI=1S/C13H20O3/c1-13(2,3)10-6-4-9(5-7-10)11-8-15-12(14)16-11/h8-10H,4-7H2,1-3H3. The van der Waals surface area contributed by atoms with Gasteiger partial charge in [-0.1, -0.05) is 20.8 Å². The predicted octanol–water partition coefficient (Wildman–Crippen LogP) is 3.55. The molecule has 16 heavy (non-hydrogen) atoms. The normalized spacial score (nSPS) is 26.9. The Morgan fingerprint density at radius 3 is 2.25 bits per heavy atom. The minimum absolute atomic E-state index is 0.380. The Bertz CT molecular complexity index is 386. The van der Waals surface area contributed by atoms with Crippen molar-refractivity contribution in [2.45, 2.75) is 52.4 Å². The smallest absolute Gasteiger partial charge is 0.399 e. The molecular weight excluding hydrogens is 204 g/mol. The van der Waals surface area contributed by atoms with Crippen LogP contribution in [0.2, 0.25) is 0 Å². The molecule has 1 fully saturated rings. The van der Waals surface area contributed by atoms with Gasteiger partial charge in [-0.15, -0.1) is 0 Å². The Morgan fingerprint density at radius 2 is 1.81 bits per heavy atom. The summed E-state index contributed by atoms with van der Waals surface area (Å²) in [6, 6.07) is 0. The molecule has 0 unspecified atom stereocenters. The van der Waals surface area contributed by atoms with Crippen LogP contribution in [0.4, 0.5) is 0 Å². The van der Waals surface area contributed by atoms with E-state index in [4.69, 9.17) is 4.42 Å². The first-order chi connectivity index (χ1) is 7.47. The number of rotatable bonds is 1. The topological polar surface area (TPSA) is 43.4 Å². The molecule has 0 amide bonds. The zero-order valence-electron chi connectivity index (χ0n) is 10.3. The highest BCUT2D eigenvalue weighted by atomic mass is 16.6. The summed E-state index contributed by atoms with van der Waals surface area (Å²) in [4.78, 5) is 10.8. The van der Waals surface area contributed by atoms with Crippen LogP contribution < -0.4 is 5.82 Å². The van der Waals surface area contributed by atoms with E-state index in [1.165, 1.54) is 19.1 Å². The van der Waals surface area contributed by atoms with Crippen molar-refractivity contribution < 1.29 is 8.83 Å². The van der Waals surface area contributed by atoms with Crippen molar-refractivity contribution in [1.82, 2.24) is 0 Å². The van der Waals surface area contributed by atoms with Gasteiger partial charge < -0.3 is 8.83 Å². The summed E-state index contributed by atoms with van der Waals surface area (Å²) in [5.74, 6) is 1.32. The van der Waals surface area contributed by atoms with Crippen LogP contribution in [-0.4, -0.2) is 0 Å². The Morgan fingerprint density at radius 1 is 1.19 bits per heavy atom. The van der Waals surface area contributed by atoms with E-state index < -0.39 is 5.82 Å². The zero-order chi connectivity index (χ0) is 11.8. The Hall–Kier alpha value is -0.990. The molecule has 90 valence electrons. The first kappa shape index (κ1) is 11.5. The molecule has 0 radical (unpaired) electrons. The lowest BCUT2D eigenvalue weighted by Gasteiger charge is -2.36. The van der Waals surface area contributed by atoms with Crippen LogP contribution in [0, 0.1) is 11.3 Å². The van der Waals surface area contributed by atoms with Gasteiger partial charge in [-0.05, 0) is 37.0 Å². The van der Waals surface area contributed by atoms with E-state index in [2.05, 4.69) is 25.2 Å². The average Bonchev–Trinajstić information content (AvgIpc) is 2.64. The monoisotopic (exact) mass is 224 g/mol. The fourth-order valence-electron chi connectivity index (χ4n) is 2.67. The van der Waals surface area contributed by atoms with Crippen LogP contribution in [-0.2, 0) is 0 Å². The predicted molar refractivity (Wildman–Crippen MR) is 61.4 cm³/mol. The van der Waals surface area contributed by atoms with Crippen molar-refractivity contribution in [1.29, 1.82) is 0 Å². The molecule has 0 aromatic carbocycles. The number of hydrogen-bond acceptors (Lipinski definition) is 3. The van der Waals surface area contributed by atoms with Crippen molar-refractivity contribution in [2.75, 3.05) is 0 Å². The van der Waals surface area contributed by atoms with Crippen molar-refractivity contribution in [3.8, 4) is 0 Å². The third-order valence-corrected chi connectivity index (χ3v) is 3.83. The van der Waals surface area contributed by atoms with E-state index in [0.29, 0.717) is 11.3 Å². The molecule has 0 bridgehead atoms. The maximum atomic E-state index is 10.8. The van der Waals surface area contributed by atoms with Gasteiger partial charge in [-0.2, -0.15) is 0 Å². The molecule has 0 atom stereocenters. The molecule has 2 rings (SSSR count). The van der Waals surface area contributed by atoms with E-state index in [1.807, 2.05) is 0 Å². The van der Waals surface area contributed by atoms with Gasteiger partial charge in [-0.25, -0.2) is 4.79 Å². The molecule has 0 spiro atoms. The van der Waals surface area contributed by atoms with Gasteiger partial charge in [0.1, 0.15) is 12.0 Å². The minimum Gasteiger partial charge on any atom is -0.399 e. The van der Waals surface area contributed by atoms with Crippen molar-refractivity contribution >= 4 is 0 Å². The maximum Gasteiger partial charge on any atom is 0.518 e. The molecule has 1 saturated carbocycles. The van der Waals surface area contributed by atoms with E-state index in [9.17, 15) is 4.79 Å². The van der Waals surface area contributed by atoms with Crippen molar-refractivity contribution in [3.05, 3.63) is 22.6 Å². The summed E-state index contributed by atoms with van der Waals surface area (Å²) in [5.41, 5.74) is 0.391. The SMILES string of the molecule is CC(C)(C)C1CCC(c2coc(=O)o2)CC1. The average molecular weight is 224 g/mol. The zero-order valence-corrected chi connectivity index (χ0v) is 10.3. The third kappa shape index (κ3) is 2.39. The Kier molecular flexibility index (Phi) is 2.96. The second-order valence-corrected chi connectivity index (χ2v) is 5.90. The molecule has 0 saturated heterocycles. The molecule has 0 aliphatic heterocycles. The summed E-state index contributed by atoms with van der Waals surface area (Å²) in [5, 5.41) is 0. The lowest BCUT2D eigenvalue weighted by Crippen LogP contribution is -2.25. The molecule has 1 aromatic heterocycles. The largest absolute Gasteiger partial charge is 0.518 e. The van der Waals surface area contributed by atoms with E-state index in [0.717, 1.165) is 24.5 Å². The van der Waals surface area contributed by atoms with Crippen molar-refractivity contribution in [3.63, 3.8) is 0 Å². The van der Waals surface area contributed by atoms with E-state index in [-0.39, 0.29) is 0 Å². The maximum absolute atomic E-state index is 10.8. The summed E-state index contributed by atoms with van der Waals surface area (Å²) in [6.07, 6.45) is 6.10. The first-order valence-corrected chi connectivity index (χ1v) is 6.05. The molecule has 1 heterocycles. The highest BCUT2D eigenvalue weighted by Crippen LogP contribution is 2.42. The second-order valence-electron chi connectivity index (χ2n) is 5.90. The van der Waals surface area contributed by atoms with Crippen LogP contribution in [0.3, 0.4) is 0 Å². The van der Waals surface area contributed by atoms with Crippen LogP contribution >= 0.6 is 0 Å². The quantitative estimate of drug-likeness (QED) is 0.732. The lowest BCUT2D eigenvalue weighted by atomic mass is 9.69. The van der Waals surface area contributed by atoms with Crippen LogP contribution in [0.15, 0.2) is 19.9 Å². The summed E-state index contributed by atoms with van der Waals surface area (Å²) in [6.45, 7) is 6.90. The van der Waals surface area contributed by atoms with Crippen molar-refractivity contribution in [2.24, 2.45) is 11.3 Å². The second kappa shape index (κ2) is 4.11. The Labute approximate surface area is 95.8 Å². The molecule has 3 heteroatoms.